The summed E-state index contributed by atoms with van der Waals surface area (Å²) >= 11 is 0. The fourth-order valence-electron chi connectivity index (χ4n) is 4.46. The van der Waals surface area contributed by atoms with Gasteiger partial charge in [-0.3, -0.25) is 9.59 Å². The highest BCUT2D eigenvalue weighted by Gasteiger charge is 2.31. The van der Waals surface area contributed by atoms with Crippen LogP contribution < -0.4 is 0 Å². The molecule has 172 valence electrons. The molecule has 34 heavy (non-hydrogen) atoms. The molecule has 0 bridgehead atoms. The van der Waals surface area contributed by atoms with Crippen LogP contribution in [-0.2, 0) is 0 Å². The molecule has 1 fully saturated rings. The third-order valence-corrected chi connectivity index (χ3v) is 6.43. The molecule has 0 N–H and O–H groups in total. The van der Waals surface area contributed by atoms with E-state index in [0.717, 1.165) is 22.6 Å². The Morgan fingerprint density at radius 1 is 0.912 bits per heavy atom. The number of Topliss-reactive ketones (excluding diaryl/α,β-unsaturated/α-hetero) is 1. The van der Waals surface area contributed by atoms with Gasteiger partial charge in [0.05, 0.1) is 11.3 Å². The average molecular weight is 454 g/mol. The van der Waals surface area contributed by atoms with Crippen molar-refractivity contribution in [2.75, 3.05) is 13.1 Å². The van der Waals surface area contributed by atoms with Crippen LogP contribution in [0.25, 0.3) is 17.1 Å². The van der Waals surface area contributed by atoms with E-state index in [1.54, 1.807) is 10.9 Å². The zero-order valence-corrected chi connectivity index (χ0v) is 19.4. The molecule has 6 heteroatoms. The van der Waals surface area contributed by atoms with Gasteiger partial charge in [-0.25, -0.2) is 4.68 Å². The van der Waals surface area contributed by atoms with E-state index in [1.807, 2.05) is 85.5 Å². The largest absolute Gasteiger partial charge is 0.460 e. The lowest BCUT2D eigenvalue weighted by molar-refractivity contribution is 0.0651. The predicted octanol–water partition coefficient (Wildman–Crippen LogP) is 5.48. The number of nitrogens with zero attached hydrogens (tertiary/aromatic N) is 3. The number of rotatable bonds is 5. The number of ketones is 1. The first-order valence-electron chi connectivity index (χ1n) is 11.6. The van der Waals surface area contributed by atoms with E-state index in [1.165, 1.54) is 0 Å². The molecule has 0 saturated carbocycles. The molecule has 1 saturated heterocycles. The van der Waals surface area contributed by atoms with Gasteiger partial charge in [-0.15, -0.1) is 0 Å². The summed E-state index contributed by atoms with van der Waals surface area (Å²) in [6, 6.07) is 21.1. The second kappa shape index (κ2) is 9.14. The number of para-hydroxylation sites is 1. The highest BCUT2D eigenvalue weighted by atomic mass is 16.3. The Bertz CT molecular complexity index is 1310. The van der Waals surface area contributed by atoms with E-state index in [9.17, 15) is 9.59 Å². The normalized spacial score (nSPS) is 14.4. The molecule has 6 nitrogen and oxygen atoms in total. The summed E-state index contributed by atoms with van der Waals surface area (Å²) < 4.78 is 7.53. The minimum atomic E-state index is -0.0903. The number of amides is 1. The van der Waals surface area contributed by atoms with Crippen molar-refractivity contribution in [3.8, 4) is 17.1 Å². The van der Waals surface area contributed by atoms with Gasteiger partial charge in [0.25, 0.3) is 5.91 Å². The maximum atomic E-state index is 13.6. The molecule has 5 rings (SSSR count). The van der Waals surface area contributed by atoms with Crippen LogP contribution in [0.3, 0.4) is 0 Å². The zero-order chi connectivity index (χ0) is 23.7. The number of furan rings is 1. The van der Waals surface area contributed by atoms with Crippen molar-refractivity contribution in [3.63, 3.8) is 0 Å². The molecule has 0 aliphatic carbocycles. The van der Waals surface area contributed by atoms with Crippen LogP contribution in [0.4, 0.5) is 0 Å². The number of piperidine rings is 1. The lowest BCUT2D eigenvalue weighted by atomic mass is 9.88. The van der Waals surface area contributed by atoms with Gasteiger partial charge in [0.1, 0.15) is 11.5 Å². The van der Waals surface area contributed by atoms with Gasteiger partial charge in [0, 0.05) is 30.8 Å². The van der Waals surface area contributed by atoms with Crippen molar-refractivity contribution in [3.05, 3.63) is 95.4 Å². The summed E-state index contributed by atoms with van der Waals surface area (Å²) in [6.07, 6.45) is 3.08. The second-order valence-electron chi connectivity index (χ2n) is 8.88. The van der Waals surface area contributed by atoms with Crippen molar-refractivity contribution in [1.82, 2.24) is 14.7 Å². The molecule has 2 aromatic heterocycles. The first-order chi connectivity index (χ1) is 16.5. The van der Waals surface area contributed by atoms with Crippen LogP contribution in [0.2, 0.25) is 0 Å². The molecule has 0 atom stereocenters. The number of hydrogen-bond donors (Lipinski definition) is 0. The zero-order valence-electron chi connectivity index (χ0n) is 19.4. The minimum absolute atomic E-state index is 0.0639. The quantitative estimate of drug-likeness (QED) is 0.375. The summed E-state index contributed by atoms with van der Waals surface area (Å²) in [5.74, 6) is 1.34. The summed E-state index contributed by atoms with van der Waals surface area (Å²) in [7, 11) is 0. The van der Waals surface area contributed by atoms with E-state index in [-0.39, 0.29) is 17.6 Å². The van der Waals surface area contributed by atoms with Crippen LogP contribution in [0.15, 0.2) is 77.3 Å². The molecule has 1 aliphatic rings. The number of aromatic nitrogens is 2. The van der Waals surface area contributed by atoms with Gasteiger partial charge in [-0.05, 0) is 51.0 Å². The number of likely N-dealkylation sites (tertiary alicyclic amines) is 1. The number of benzene rings is 2. The molecular formula is C28H27N3O3. The first-order valence-corrected chi connectivity index (χ1v) is 11.6. The molecule has 2 aromatic carbocycles. The number of hydrogen-bond acceptors (Lipinski definition) is 4. The highest BCUT2D eigenvalue weighted by molar-refractivity contribution is 6.00. The third kappa shape index (κ3) is 4.31. The Morgan fingerprint density at radius 3 is 2.26 bits per heavy atom. The van der Waals surface area contributed by atoms with Crippen LogP contribution in [-0.4, -0.2) is 39.5 Å². The lowest BCUT2D eigenvalue weighted by Gasteiger charge is -2.31. The van der Waals surface area contributed by atoms with Gasteiger partial charge < -0.3 is 9.32 Å². The van der Waals surface area contributed by atoms with E-state index in [0.29, 0.717) is 42.9 Å². The van der Waals surface area contributed by atoms with Gasteiger partial charge in [-0.1, -0.05) is 48.0 Å². The van der Waals surface area contributed by atoms with Crippen LogP contribution in [0, 0.1) is 19.8 Å². The minimum Gasteiger partial charge on any atom is -0.460 e. The van der Waals surface area contributed by atoms with E-state index in [2.05, 4.69) is 0 Å². The van der Waals surface area contributed by atoms with Gasteiger partial charge in [0.15, 0.2) is 11.5 Å². The van der Waals surface area contributed by atoms with E-state index < -0.39 is 0 Å². The Morgan fingerprint density at radius 2 is 1.62 bits per heavy atom. The summed E-state index contributed by atoms with van der Waals surface area (Å²) in [4.78, 5) is 28.3. The molecule has 4 aromatic rings. The van der Waals surface area contributed by atoms with Crippen molar-refractivity contribution in [2.45, 2.75) is 26.7 Å². The Balaban J connectivity index is 1.37. The molecule has 1 aliphatic heterocycles. The molecule has 1 amide bonds. The summed E-state index contributed by atoms with van der Waals surface area (Å²) in [6.45, 7) is 4.95. The lowest BCUT2D eigenvalue weighted by Crippen LogP contribution is -2.40. The van der Waals surface area contributed by atoms with Crippen LogP contribution in [0.5, 0.6) is 0 Å². The van der Waals surface area contributed by atoms with E-state index >= 15 is 0 Å². The Labute approximate surface area is 198 Å². The fourth-order valence-corrected chi connectivity index (χ4v) is 4.46. The monoisotopic (exact) mass is 453 g/mol. The topological polar surface area (TPSA) is 68.3 Å². The number of aryl methyl sites for hydroxylation is 2. The highest BCUT2D eigenvalue weighted by Crippen LogP contribution is 2.29. The fraction of sp³-hybridized carbons (Fsp3) is 0.250. The van der Waals surface area contributed by atoms with Crippen molar-refractivity contribution in [2.24, 2.45) is 5.92 Å². The molecular weight excluding hydrogens is 426 g/mol. The maximum Gasteiger partial charge on any atom is 0.257 e. The van der Waals surface area contributed by atoms with E-state index in [4.69, 9.17) is 9.52 Å². The average Bonchev–Trinajstić information content (AvgIpc) is 3.51. The molecule has 0 spiro atoms. The van der Waals surface area contributed by atoms with Crippen molar-refractivity contribution >= 4 is 11.7 Å². The first kappa shape index (κ1) is 21.9. The summed E-state index contributed by atoms with van der Waals surface area (Å²) in [5, 5.41) is 4.69. The Kier molecular flexibility index (Phi) is 5.88. The van der Waals surface area contributed by atoms with Crippen molar-refractivity contribution < 1.29 is 14.0 Å². The van der Waals surface area contributed by atoms with Gasteiger partial charge in [0.2, 0.25) is 0 Å². The van der Waals surface area contributed by atoms with Crippen LogP contribution >= 0.6 is 0 Å². The molecule has 0 radical (unpaired) electrons. The smallest absolute Gasteiger partial charge is 0.257 e. The second-order valence-corrected chi connectivity index (χ2v) is 8.88. The van der Waals surface area contributed by atoms with Crippen molar-refractivity contribution in [1.29, 1.82) is 0 Å². The van der Waals surface area contributed by atoms with Crippen LogP contribution in [0.1, 0.15) is 44.9 Å². The molecule has 3 heterocycles. The Hall–Kier alpha value is -3.93. The predicted molar refractivity (Wildman–Crippen MR) is 130 cm³/mol. The van der Waals surface area contributed by atoms with Gasteiger partial charge in [-0.2, -0.15) is 5.10 Å². The number of carbonyl (C=O) groups is 2. The van der Waals surface area contributed by atoms with Gasteiger partial charge >= 0.3 is 0 Å². The SMILES string of the molecule is Cc1ccc(C(=O)C2CCN(C(=O)c3cn(-c4ccccc4)nc3-c3ccc(C)o3)CC2)cc1. The standard InChI is InChI=1S/C28H27N3O3/c1-19-8-11-21(12-9-19)27(32)22-14-16-30(17-15-22)28(33)24-18-31(23-6-4-3-5-7-23)29-26(24)25-13-10-20(2)34-25/h3-13,18,22H,14-17H2,1-2H3. The third-order valence-electron chi connectivity index (χ3n) is 6.43. The maximum absolute atomic E-state index is 13.6. The summed E-state index contributed by atoms with van der Waals surface area (Å²) in [5.41, 5.74) is 3.78. The number of carbonyl (C=O) groups excluding carboxylic acids is 2. The molecule has 0 unspecified atom stereocenters.